The summed E-state index contributed by atoms with van der Waals surface area (Å²) < 4.78 is 40.1. The molecule has 0 aromatic heterocycles. The highest BCUT2D eigenvalue weighted by atomic mass is 19.4. The van der Waals surface area contributed by atoms with Crippen molar-refractivity contribution in [2.24, 2.45) is 0 Å². The van der Waals surface area contributed by atoms with E-state index in [0.717, 1.165) is 27.9 Å². The van der Waals surface area contributed by atoms with Gasteiger partial charge < -0.3 is 10.5 Å². The van der Waals surface area contributed by atoms with Gasteiger partial charge in [-0.1, -0.05) is 12.1 Å². The minimum Gasteiger partial charge on any atom is -0.406 e. The maximum atomic E-state index is 12.1. The van der Waals surface area contributed by atoms with Crippen molar-refractivity contribution in [2.75, 3.05) is 5.73 Å². The molecule has 0 radical (unpaired) electrons. The number of aryl methyl sites for hydroxylation is 2. The quantitative estimate of drug-likeness (QED) is 0.825. The van der Waals surface area contributed by atoms with Gasteiger partial charge in [-0.2, -0.15) is 0 Å². The summed E-state index contributed by atoms with van der Waals surface area (Å²) >= 11 is 0. The van der Waals surface area contributed by atoms with Crippen LogP contribution in [0, 0.1) is 13.8 Å². The van der Waals surface area contributed by atoms with E-state index in [9.17, 15) is 13.2 Å². The second-order valence-electron chi connectivity index (χ2n) is 4.60. The van der Waals surface area contributed by atoms with Gasteiger partial charge in [0.15, 0.2) is 0 Å². The van der Waals surface area contributed by atoms with E-state index in [0.29, 0.717) is 0 Å². The number of ether oxygens (including phenoxy) is 1. The molecule has 2 N–H and O–H groups in total. The van der Waals surface area contributed by atoms with Gasteiger partial charge in [-0.3, -0.25) is 0 Å². The molecular weight excluding hydrogens is 267 g/mol. The summed E-state index contributed by atoms with van der Waals surface area (Å²) in [5.74, 6) is -0.231. The topological polar surface area (TPSA) is 35.2 Å². The van der Waals surface area contributed by atoms with E-state index >= 15 is 0 Å². The third kappa shape index (κ3) is 3.23. The van der Waals surface area contributed by atoms with Crippen molar-refractivity contribution >= 4 is 5.69 Å². The van der Waals surface area contributed by atoms with Crippen LogP contribution >= 0.6 is 0 Å². The summed E-state index contributed by atoms with van der Waals surface area (Å²) in [7, 11) is 0. The highest BCUT2D eigenvalue weighted by Gasteiger charge is 2.30. The van der Waals surface area contributed by atoms with Crippen LogP contribution in [0.1, 0.15) is 11.1 Å². The molecule has 0 amide bonds. The Balaban J connectivity index is 2.31. The van der Waals surface area contributed by atoms with Crippen LogP contribution in [0.25, 0.3) is 11.1 Å². The van der Waals surface area contributed by atoms with E-state index in [1.54, 1.807) is 12.1 Å². The molecule has 0 fully saturated rings. The van der Waals surface area contributed by atoms with Crippen LogP contribution in [0.3, 0.4) is 0 Å². The summed E-state index contributed by atoms with van der Waals surface area (Å²) in [6.45, 7) is 3.79. The van der Waals surface area contributed by atoms with Crippen LogP contribution in [0.5, 0.6) is 5.75 Å². The summed E-state index contributed by atoms with van der Waals surface area (Å²) in [4.78, 5) is 0. The molecule has 0 aliphatic carbocycles. The summed E-state index contributed by atoms with van der Waals surface area (Å²) in [6, 6.07) is 9.58. The van der Waals surface area contributed by atoms with Crippen molar-refractivity contribution in [1.29, 1.82) is 0 Å². The van der Waals surface area contributed by atoms with Gasteiger partial charge in [0.1, 0.15) is 5.75 Å². The zero-order chi connectivity index (χ0) is 14.9. The molecule has 0 aliphatic rings. The van der Waals surface area contributed by atoms with Crippen molar-refractivity contribution in [2.45, 2.75) is 20.2 Å². The zero-order valence-electron chi connectivity index (χ0n) is 11.1. The number of nitrogen functional groups attached to an aromatic ring is 1. The molecule has 2 rings (SSSR count). The number of benzene rings is 2. The van der Waals surface area contributed by atoms with Gasteiger partial charge in [-0.15, -0.1) is 13.2 Å². The van der Waals surface area contributed by atoms with Crippen molar-refractivity contribution in [3.8, 4) is 16.9 Å². The maximum absolute atomic E-state index is 12.1. The first-order chi connectivity index (χ1) is 9.26. The second-order valence-corrected chi connectivity index (χ2v) is 4.60. The molecule has 20 heavy (non-hydrogen) atoms. The predicted molar refractivity (Wildman–Crippen MR) is 72.4 cm³/mol. The Hall–Kier alpha value is -2.17. The van der Waals surface area contributed by atoms with Gasteiger partial charge in [-0.25, -0.2) is 0 Å². The number of anilines is 1. The molecule has 0 saturated heterocycles. The van der Waals surface area contributed by atoms with E-state index in [2.05, 4.69) is 4.74 Å². The Morgan fingerprint density at radius 1 is 0.900 bits per heavy atom. The largest absolute Gasteiger partial charge is 0.573 e. The Bertz CT molecular complexity index is 595. The first kappa shape index (κ1) is 14.2. The third-order valence-corrected chi connectivity index (χ3v) is 3.01. The third-order valence-electron chi connectivity index (χ3n) is 3.01. The van der Waals surface area contributed by atoms with Crippen LogP contribution in [-0.4, -0.2) is 6.36 Å². The molecule has 0 unspecified atom stereocenters. The molecule has 0 bridgehead atoms. The molecule has 0 atom stereocenters. The van der Waals surface area contributed by atoms with Crippen LogP contribution in [0.15, 0.2) is 36.4 Å². The van der Waals surface area contributed by atoms with Crippen molar-refractivity contribution in [1.82, 2.24) is 0 Å². The van der Waals surface area contributed by atoms with Gasteiger partial charge >= 0.3 is 6.36 Å². The fraction of sp³-hybridized carbons (Fsp3) is 0.200. The van der Waals surface area contributed by atoms with E-state index in [1.165, 1.54) is 12.1 Å². The number of rotatable bonds is 2. The smallest absolute Gasteiger partial charge is 0.406 e. The van der Waals surface area contributed by atoms with E-state index in [4.69, 9.17) is 5.73 Å². The highest BCUT2D eigenvalue weighted by molar-refractivity contribution is 5.70. The molecule has 2 nitrogen and oxygen atoms in total. The zero-order valence-corrected chi connectivity index (χ0v) is 11.1. The average Bonchev–Trinajstić information content (AvgIpc) is 2.34. The molecule has 2 aromatic carbocycles. The lowest BCUT2D eigenvalue weighted by Gasteiger charge is -2.11. The van der Waals surface area contributed by atoms with Crippen molar-refractivity contribution in [3.05, 3.63) is 47.5 Å². The monoisotopic (exact) mass is 281 g/mol. The average molecular weight is 281 g/mol. The minimum absolute atomic E-state index is 0.231. The maximum Gasteiger partial charge on any atom is 0.573 e. The second kappa shape index (κ2) is 5.07. The fourth-order valence-electron chi connectivity index (χ4n) is 1.99. The highest BCUT2D eigenvalue weighted by Crippen LogP contribution is 2.29. The van der Waals surface area contributed by atoms with E-state index in [-0.39, 0.29) is 5.75 Å². The lowest BCUT2D eigenvalue weighted by atomic mass is 9.99. The van der Waals surface area contributed by atoms with Gasteiger partial charge in [-0.05, 0) is 60.4 Å². The van der Waals surface area contributed by atoms with Crippen LogP contribution in [-0.2, 0) is 0 Å². The molecule has 0 heterocycles. The van der Waals surface area contributed by atoms with Gasteiger partial charge in [0.25, 0.3) is 0 Å². The SMILES string of the molecule is Cc1cc(-c2ccc(OC(F)(F)F)cc2)cc(C)c1N. The number of hydrogen-bond donors (Lipinski definition) is 1. The van der Waals surface area contributed by atoms with Crippen molar-refractivity contribution in [3.63, 3.8) is 0 Å². The fourth-order valence-corrected chi connectivity index (χ4v) is 1.99. The Labute approximate surface area is 115 Å². The molecule has 106 valence electrons. The lowest BCUT2D eigenvalue weighted by molar-refractivity contribution is -0.274. The minimum atomic E-state index is -4.67. The Kier molecular flexibility index (Phi) is 3.61. The number of nitrogens with two attached hydrogens (primary N) is 1. The molecule has 5 heteroatoms. The predicted octanol–water partition coefficient (Wildman–Crippen LogP) is 4.45. The number of halogens is 3. The van der Waals surface area contributed by atoms with Crippen molar-refractivity contribution < 1.29 is 17.9 Å². The van der Waals surface area contributed by atoms with E-state index < -0.39 is 6.36 Å². The summed E-state index contributed by atoms with van der Waals surface area (Å²) in [5.41, 5.74) is 10.2. The normalized spacial score (nSPS) is 11.4. The summed E-state index contributed by atoms with van der Waals surface area (Å²) in [5, 5.41) is 0. The van der Waals surface area contributed by atoms with Gasteiger partial charge in [0, 0.05) is 5.69 Å². The van der Waals surface area contributed by atoms with Crippen LogP contribution in [0.2, 0.25) is 0 Å². The number of hydrogen-bond acceptors (Lipinski definition) is 2. The molecule has 0 aliphatic heterocycles. The van der Waals surface area contributed by atoms with E-state index in [1.807, 2.05) is 26.0 Å². The lowest BCUT2D eigenvalue weighted by Crippen LogP contribution is -2.16. The Morgan fingerprint density at radius 2 is 1.40 bits per heavy atom. The molecular formula is C15H14F3NO. The standard InChI is InChI=1S/C15H14F3NO/c1-9-7-12(8-10(2)14(9)19)11-3-5-13(6-4-11)20-15(16,17)18/h3-8H,19H2,1-2H3. The molecule has 0 saturated carbocycles. The van der Waals surface area contributed by atoms with Crippen LogP contribution < -0.4 is 10.5 Å². The molecule has 0 spiro atoms. The van der Waals surface area contributed by atoms with Gasteiger partial charge in [0.2, 0.25) is 0 Å². The number of alkyl halides is 3. The molecule has 2 aromatic rings. The first-order valence-electron chi connectivity index (χ1n) is 5.99. The Morgan fingerprint density at radius 3 is 1.85 bits per heavy atom. The van der Waals surface area contributed by atoms with Crippen LogP contribution in [0.4, 0.5) is 18.9 Å². The van der Waals surface area contributed by atoms with Gasteiger partial charge in [0.05, 0.1) is 0 Å². The first-order valence-corrected chi connectivity index (χ1v) is 5.99. The summed E-state index contributed by atoms with van der Waals surface area (Å²) in [6.07, 6.45) is -4.67.